The van der Waals surface area contributed by atoms with Crippen LogP contribution in [0.4, 0.5) is 0 Å². The molecule has 5 rings (SSSR count). The second-order valence-electron chi connectivity index (χ2n) is 8.17. The highest BCUT2D eigenvalue weighted by Crippen LogP contribution is 2.37. The molecule has 0 saturated carbocycles. The molecule has 37 heavy (non-hydrogen) atoms. The normalized spacial score (nSPS) is 15.4. The third-order valence-electron chi connectivity index (χ3n) is 5.94. The molecule has 1 atom stereocenters. The van der Waals surface area contributed by atoms with Crippen LogP contribution in [0.1, 0.15) is 24.3 Å². The van der Waals surface area contributed by atoms with Gasteiger partial charge in [0.2, 0.25) is 0 Å². The van der Waals surface area contributed by atoms with Crippen LogP contribution in [0.15, 0.2) is 84.5 Å². The van der Waals surface area contributed by atoms with E-state index in [9.17, 15) is 9.59 Å². The van der Waals surface area contributed by atoms with Crippen molar-refractivity contribution >= 4 is 50.9 Å². The predicted molar refractivity (Wildman–Crippen MR) is 146 cm³/mol. The van der Waals surface area contributed by atoms with Crippen LogP contribution in [-0.4, -0.2) is 24.8 Å². The number of nitrogens with zero attached hydrogens (tertiary/aromatic N) is 2. The van der Waals surface area contributed by atoms with Gasteiger partial charge < -0.3 is 13.9 Å². The van der Waals surface area contributed by atoms with Crippen molar-refractivity contribution in [2.75, 3.05) is 14.2 Å². The molecule has 3 heterocycles. The van der Waals surface area contributed by atoms with Gasteiger partial charge in [-0.15, -0.1) is 0 Å². The number of allylic oxidation sites excluding steroid dienone is 1. The van der Waals surface area contributed by atoms with Gasteiger partial charge >= 0.3 is 5.97 Å². The van der Waals surface area contributed by atoms with Crippen molar-refractivity contribution < 1.29 is 18.7 Å². The summed E-state index contributed by atoms with van der Waals surface area (Å²) >= 11 is 11.0. The third-order valence-corrected chi connectivity index (χ3v) is 7.69. The van der Waals surface area contributed by atoms with Crippen LogP contribution in [0.25, 0.3) is 17.4 Å². The Balaban J connectivity index is 1.68. The summed E-state index contributed by atoms with van der Waals surface area (Å²) in [5.41, 5.74) is 1.81. The highest BCUT2D eigenvalue weighted by Gasteiger charge is 2.35. The molecule has 10 heteroatoms. The minimum Gasteiger partial charge on any atom is -0.496 e. The second-order valence-corrected chi connectivity index (χ2v) is 10.5. The number of fused-ring (bicyclic) bond motifs is 1. The molecular formula is C27H20BrClN2O5S. The first-order valence-electron chi connectivity index (χ1n) is 11.1. The summed E-state index contributed by atoms with van der Waals surface area (Å²) in [4.78, 5) is 31.6. The lowest BCUT2D eigenvalue weighted by Gasteiger charge is -2.25. The van der Waals surface area contributed by atoms with Gasteiger partial charge in [-0.1, -0.05) is 51.0 Å². The van der Waals surface area contributed by atoms with E-state index in [1.807, 2.05) is 30.3 Å². The Morgan fingerprint density at radius 1 is 1.16 bits per heavy atom. The maximum Gasteiger partial charge on any atom is 0.338 e. The van der Waals surface area contributed by atoms with Crippen LogP contribution in [0.2, 0.25) is 5.02 Å². The van der Waals surface area contributed by atoms with Crippen molar-refractivity contribution in [1.82, 2.24) is 4.57 Å². The molecule has 0 radical (unpaired) electrons. The summed E-state index contributed by atoms with van der Waals surface area (Å²) in [5, 5.41) is 0.438. The van der Waals surface area contributed by atoms with E-state index in [1.54, 1.807) is 37.3 Å². The molecule has 7 nitrogen and oxygen atoms in total. The average Bonchev–Trinajstić information content (AvgIpc) is 3.47. The number of benzene rings is 2. The summed E-state index contributed by atoms with van der Waals surface area (Å²) < 4.78 is 19.5. The number of methoxy groups -OCH3 is 2. The number of carbonyl (C=O) groups excluding carboxylic acids is 1. The van der Waals surface area contributed by atoms with Gasteiger partial charge in [-0.05, 0) is 49.4 Å². The molecule has 2 aromatic carbocycles. The van der Waals surface area contributed by atoms with Crippen LogP contribution in [0.3, 0.4) is 0 Å². The molecule has 2 aromatic heterocycles. The maximum atomic E-state index is 13.8. The van der Waals surface area contributed by atoms with E-state index < -0.39 is 12.0 Å². The molecule has 0 bridgehead atoms. The number of halogens is 2. The second kappa shape index (κ2) is 10.2. The molecule has 0 fully saturated rings. The topological polar surface area (TPSA) is 83.0 Å². The van der Waals surface area contributed by atoms with E-state index in [0.29, 0.717) is 42.9 Å². The smallest absolute Gasteiger partial charge is 0.338 e. The van der Waals surface area contributed by atoms with E-state index in [2.05, 4.69) is 20.9 Å². The fourth-order valence-electron chi connectivity index (χ4n) is 4.23. The van der Waals surface area contributed by atoms with Crippen LogP contribution in [0.5, 0.6) is 5.75 Å². The number of furan rings is 1. The Bertz CT molecular complexity index is 1730. The van der Waals surface area contributed by atoms with Crippen molar-refractivity contribution in [2.24, 2.45) is 4.99 Å². The van der Waals surface area contributed by atoms with E-state index in [4.69, 9.17) is 25.5 Å². The van der Waals surface area contributed by atoms with Gasteiger partial charge in [0.1, 0.15) is 23.3 Å². The number of hydrogen-bond donors (Lipinski definition) is 0. The lowest BCUT2D eigenvalue weighted by molar-refractivity contribution is -0.136. The Hall–Kier alpha value is -3.40. The van der Waals surface area contributed by atoms with E-state index in [0.717, 1.165) is 10.0 Å². The molecule has 0 aliphatic carbocycles. The molecular weight excluding hydrogens is 580 g/mol. The number of carbonyl (C=O) groups is 1. The Labute approximate surface area is 229 Å². The Morgan fingerprint density at radius 2 is 1.92 bits per heavy atom. The number of hydrogen-bond acceptors (Lipinski definition) is 7. The first-order valence-corrected chi connectivity index (χ1v) is 13.1. The van der Waals surface area contributed by atoms with Crippen molar-refractivity contribution in [3.63, 3.8) is 0 Å². The highest BCUT2D eigenvalue weighted by atomic mass is 79.9. The Morgan fingerprint density at radius 3 is 2.62 bits per heavy atom. The van der Waals surface area contributed by atoms with Gasteiger partial charge in [-0.3, -0.25) is 9.36 Å². The fraction of sp³-hybridized carbons (Fsp3) is 0.148. The minimum absolute atomic E-state index is 0.234. The number of aromatic nitrogens is 1. The predicted octanol–water partition coefficient (Wildman–Crippen LogP) is 5.09. The molecule has 4 aromatic rings. The first kappa shape index (κ1) is 25.3. The molecule has 0 N–H and O–H groups in total. The van der Waals surface area contributed by atoms with Crippen LogP contribution < -0.4 is 19.6 Å². The van der Waals surface area contributed by atoms with Crippen molar-refractivity contribution in [3.05, 3.63) is 106 Å². The van der Waals surface area contributed by atoms with Crippen molar-refractivity contribution in [3.8, 4) is 17.1 Å². The zero-order valence-electron chi connectivity index (χ0n) is 20.0. The molecule has 188 valence electrons. The van der Waals surface area contributed by atoms with Gasteiger partial charge in [-0.25, -0.2) is 9.79 Å². The van der Waals surface area contributed by atoms with Gasteiger partial charge in [0, 0.05) is 26.7 Å². The van der Waals surface area contributed by atoms with E-state index in [1.165, 1.54) is 30.1 Å². The first-order chi connectivity index (χ1) is 17.8. The lowest BCUT2D eigenvalue weighted by atomic mass is 9.95. The molecule has 1 aliphatic heterocycles. The lowest BCUT2D eigenvalue weighted by Crippen LogP contribution is -2.40. The summed E-state index contributed by atoms with van der Waals surface area (Å²) in [6, 6.07) is 15.6. The monoisotopic (exact) mass is 598 g/mol. The highest BCUT2D eigenvalue weighted by molar-refractivity contribution is 9.10. The number of esters is 1. The quantitative estimate of drug-likeness (QED) is 0.299. The van der Waals surface area contributed by atoms with Crippen LogP contribution >= 0.6 is 38.9 Å². The summed E-state index contributed by atoms with van der Waals surface area (Å²) in [5.74, 6) is 1.08. The van der Waals surface area contributed by atoms with Crippen LogP contribution in [-0.2, 0) is 9.53 Å². The van der Waals surface area contributed by atoms with Crippen LogP contribution in [0, 0.1) is 0 Å². The molecule has 0 amide bonds. The summed E-state index contributed by atoms with van der Waals surface area (Å²) in [7, 11) is 2.81. The zero-order chi connectivity index (χ0) is 26.3. The minimum atomic E-state index is -0.838. The maximum absolute atomic E-state index is 13.8. The zero-order valence-corrected chi connectivity index (χ0v) is 23.1. The molecule has 0 unspecified atom stereocenters. The van der Waals surface area contributed by atoms with Gasteiger partial charge in [0.25, 0.3) is 5.56 Å². The van der Waals surface area contributed by atoms with Crippen molar-refractivity contribution in [2.45, 2.75) is 13.0 Å². The molecule has 0 saturated heterocycles. The van der Waals surface area contributed by atoms with Gasteiger partial charge in [0.15, 0.2) is 4.80 Å². The Kier molecular flexibility index (Phi) is 6.94. The van der Waals surface area contributed by atoms with Gasteiger partial charge in [-0.2, -0.15) is 0 Å². The average molecular weight is 600 g/mol. The van der Waals surface area contributed by atoms with E-state index >= 15 is 0 Å². The largest absolute Gasteiger partial charge is 0.496 e. The molecule has 0 spiro atoms. The van der Waals surface area contributed by atoms with E-state index in [-0.39, 0.29) is 11.1 Å². The SMILES string of the molecule is COC(=O)C1=C(C)N=c2s/c(=C\c3ccc(-c4ccc(Br)cc4)o3)c(=O)n2[C@@H]1c1cc(Cl)ccc1OC. The number of thiazole rings is 1. The number of ether oxygens (including phenoxy) is 2. The standard InChI is InChI=1S/C27H20BrClN2O5S/c1-14-23(26(33)35-3)24(19-12-17(29)8-10-21(19)34-2)31-25(32)22(37-27(31)30-14)13-18-9-11-20(36-18)15-4-6-16(28)7-5-15/h4-13,24H,1-3H3/b22-13-/t24-/m1/s1. The fourth-order valence-corrected chi connectivity index (χ4v) is 5.71. The summed E-state index contributed by atoms with van der Waals surface area (Å²) in [6.45, 7) is 1.71. The summed E-state index contributed by atoms with van der Waals surface area (Å²) in [6.07, 6.45) is 1.68. The third kappa shape index (κ3) is 4.70. The van der Waals surface area contributed by atoms with Gasteiger partial charge in [0.05, 0.1) is 30.0 Å². The number of rotatable bonds is 5. The van der Waals surface area contributed by atoms with Crippen molar-refractivity contribution in [1.29, 1.82) is 0 Å². The molecule has 1 aliphatic rings.